The van der Waals surface area contributed by atoms with E-state index in [-0.39, 0.29) is 0 Å². The first-order valence-electron chi connectivity index (χ1n) is 4.42. The maximum Gasteiger partial charge on any atom is 0.143 e. The van der Waals surface area contributed by atoms with Gasteiger partial charge in [0.05, 0.1) is 11.1 Å². The van der Waals surface area contributed by atoms with Crippen molar-refractivity contribution in [3.05, 3.63) is 17.0 Å². The average Bonchev–Trinajstić information content (AvgIpc) is 2.17. The lowest BCUT2D eigenvalue weighted by Gasteiger charge is -2.12. The summed E-state index contributed by atoms with van der Waals surface area (Å²) in [4.78, 5) is 7.99. The number of ether oxygens (including phenoxy) is 1. The van der Waals surface area contributed by atoms with Crippen molar-refractivity contribution < 1.29 is 4.74 Å². The minimum Gasteiger partial charge on any atom is -0.384 e. The number of hydrogen-bond donors (Lipinski definition) is 1. The molecular formula is C9H14BrN3O. The molecule has 1 heterocycles. The molecule has 0 spiro atoms. The van der Waals surface area contributed by atoms with E-state index in [1.807, 2.05) is 0 Å². The molecule has 1 unspecified atom stereocenters. The molecule has 1 N–H and O–H groups in total. The predicted octanol–water partition coefficient (Wildman–Crippen LogP) is 1.93. The summed E-state index contributed by atoms with van der Waals surface area (Å²) in [6, 6.07) is 0. The van der Waals surface area contributed by atoms with Crippen LogP contribution in [0.3, 0.4) is 0 Å². The summed E-state index contributed by atoms with van der Waals surface area (Å²) < 4.78 is 5.92. The van der Waals surface area contributed by atoms with Crippen molar-refractivity contribution >= 4 is 21.7 Å². The van der Waals surface area contributed by atoms with E-state index in [0.717, 1.165) is 23.4 Å². The van der Waals surface area contributed by atoms with E-state index in [0.29, 0.717) is 5.92 Å². The fourth-order valence-corrected chi connectivity index (χ4v) is 1.42. The van der Waals surface area contributed by atoms with Crippen LogP contribution in [0.25, 0.3) is 0 Å². The zero-order valence-electron chi connectivity index (χ0n) is 8.33. The van der Waals surface area contributed by atoms with E-state index >= 15 is 0 Å². The smallest absolute Gasteiger partial charge is 0.143 e. The second kappa shape index (κ2) is 5.93. The quantitative estimate of drug-likeness (QED) is 0.878. The van der Waals surface area contributed by atoms with Gasteiger partial charge in [-0.15, -0.1) is 0 Å². The van der Waals surface area contributed by atoms with E-state index in [4.69, 9.17) is 4.74 Å². The standard InChI is InChI=1S/C9H14BrN3O/c1-7(5-14-2)3-12-9-8(10)4-11-6-13-9/h4,6-7H,3,5H2,1-2H3,(H,11,12,13). The van der Waals surface area contributed by atoms with Gasteiger partial charge in [-0.05, 0) is 21.8 Å². The molecule has 0 aliphatic heterocycles. The number of methoxy groups -OCH3 is 1. The lowest BCUT2D eigenvalue weighted by Crippen LogP contribution is -2.16. The van der Waals surface area contributed by atoms with Crippen LogP contribution in [0.2, 0.25) is 0 Å². The van der Waals surface area contributed by atoms with Crippen molar-refractivity contribution in [2.24, 2.45) is 5.92 Å². The minimum atomic E-state index is 0.460. The third-order valence-corrected chi connectivity index (χ3v) is 2.32. The van der Waals surface area contributed by atoms with Gasteiger partial charge in [0, 0.05) is 19.9 Å². The third-order valence-electron chi connectivity index (χ3n) is 1.74. The van der Waals surface area contributed by atoms with Gasteiger partial charge >= 0.3 is 0 Å². The largest absolute Gasteiger partial charge is 0.384 e. The first kappa shape index (κ1) is 11.4. The summed E-state index contributed by atoms with van der Waals surface area (Å²) in [7, 11) is 1.71. The first-order valence-corrected chi connectivity index (χ1v) is 5.21. The van der Waals surface area contributed by atoms with Crippen molar-refractivity contribution in [2.75, 3.05) is 25.6 Å². The Morgan fingerprint density at radius 2 is 2.43 bits per heavy atom. The number of rotatable bonds is 5. The van der Waals surface area contributed by atoms with Crippen molar-refractivity contribution in [1.82, 2.24) is 9.97 Å². The molecule has 1 aromatic heterocycles. The van der Waals surface area contributed by atoms with Gasteiger partial charge in [0.1, 0.15) is 12.1 Å². The van der Waals surface area contributed by atoms with Crippen LogP contribution >= 0.6 is 15.9 Å². The molecule has 0 bridgehead atoms. The molecule has 5 heteroatoms. The number of halogens is 1. The SMILES string of the molecule is COCC(C)CNc1ncncc1Br. The van der Waals surface area contributed by atoms with Crippen molar-refractivity contribution in [1.29, 1.82) is 0 Å². The Bertz CT molecular complexity index is 283. The first-order chi connectivity index (χ1) is 6.74. The van der Waals surface area contributed by atoms with E-state index in [9.17, 15) is 0 Å². The van der Waals surface area contributed by atoms with Gasteiger partial charge in [-0.25, -0.2) is 9.97 Å². The van der Waals surface area contributed by atoms with E-state index < -0.39 is 0 Å². The molecule has 0 amide bonds. The van der Waals surface area contributed by atoms with Gasteiger partial charge in [-0.3, -0.25) is 0 Å². The van der Waals surface area contributed by atoms with Gasteiger partial charge in [0.2, 0.25) is 0 Å². The Morgan fingerprint density at radius 1 is 1.64 bits per heavy atom. The highest BCUT2D eigenvalue weighted by molar-refractivity contribution is 9.10. The number of nitrogens with zero attached hydrogens (tertiary/aromatic N) is 2. The van der Waals surface area contributed by atoms with Crippen LogP contribution in [0.5, 0.6) is 0 Å². The van der Waals surface area contributed by atoms with Crippen LogP contribution in [-0.4, -0.2) is 30.2 Å². The van der Waals surface area contributed by atoms with E-state index in [1.165, 1.54) is 6.33 Å². The van der Waals surface area contributed by atoms with Gasteiger partial charge in [0.15, 0.2) is 0 Å². The summed E-state index contributed by atoms with van der Waals surface area (Å²) in [5.41, 5.74) is 0. The summed E-state index contributed by atoms with van der Waals surface area (Å²) in [5, 5.41) is 3.22. The number of nitrogens with one attached hydrogen (secondary N) is 1. The molecule has 78 valence electrons. The Balaban J connectivity index is 2.41. The third kappa shape index (κ3) is 3.59. The van der Waals surface area contributed by atoms with E-state index in [2.05, 4.69) is 38.1 Å². The molecule has 0 aliphatic carbocycles. The highest BCUT2D eigenvalue weighted by atomic mass is 79.9. The maximum atomic E-state index is 5.04. The Labute approximate surface area is 92.2 Å². The molecule has 1 aromatic rings. The topological polar surface area (TPSA) is 47.0 Å². The van der Waals surface area contributed by atoms with Crippen molar-refractivity contribution in [2.45, 2.75) is 6.92 Å². The molecular weight excluding hydrogens is 246 g/mol. The summed E-state index contributed by atoms with van der Waals surface area (Å²) in [6.45, 7) is 3.70. The van der Waals surface area contributed by atoms with Gasteiger partial charge in [-0.1, -0.05) is 6.92 Å². The second-order valence-corrected chi connectivity index (χ2v) is 4.02. The highest BCUT2D eigenvalue weighted by Crippen LogP contribution is 2.17. The fourth-order valence-electron chi connectivity index (χ4n) is 1.06. The maximum absolute atomic E-state index is 5.04. The number of anilines is 1. The Kier molecular flexibility index (Phi) is 4.82. The zero-order valence-corrected chi connectivity index (χ0v) is 9.91. The summed E-state index contributed by atoms with van der Waals surface area (Å²) in [6.07, 6.45) is 3.24. The Morgan fingerprint density at radius 3 is 3.07 bits per heavy atom. The molecule has 1 rings (SSSR count). The molecule has 0 saturated carbocycles. The molecule has 0 fully saturated rings. The lowest BCUT2D eigenvalue weighted by molar-refractivity contribution is 0.164. The summed E-state index contributed by atoms with van der Waals surface area (Å²) in [5.74, 6) is 1.28. The van der Waals surface area contributed by atoms with Crippen LogP contribution in [-0.2, 0) is 4.74 Å². The number of aromatic nitrogens is 2. The lowest BCUT2D eigenvalue weighted by atomic mass is 10.2. The van der Waals surface area contributed by atoms with Crippen LogP contribution in [0.1, 0.15) is 6.92 Å². The predicted molar refractivity (Wildman–Crippen MR) is 59.3 cm³/mol. The molecule has 0 radical (unpaired) electrons. The summed E-state index contributed by atoms with van der Waals surface area (Å²) >= 11 is 3.37. The normalized spacial score (nSPS) is 12.5. The Hall–Kier alpha value is -0.680. The van der Waals surface area contributed by atoms with Crippen molar-refractivity contribution in [3.8, 4) is 0 Å². The molecule has 4 nitrogen and oxygen atoms in total. The van der Waals surface area contributed by atoms with Crippen molar-refractivity contribution in [3.63, 3.8) is 0 Å². The van der Waals surface area contributed by atoms with E-state index in [1.54, 1.807) is 13.3 Å². The van der Waals surface area contributed by atoms with Crippen LogP contribution in [0, 0.1) is 5.92 Å². The van der Waals surface area contributed by atoms with Gasteiger partial charge in [-0.2, -0.15) is 0 Å². The molecule has 0 aromatic carbocycles. The molecule has 0 saturated heterocycles. The van der Waals surface area contributed by atoms with Gasteiger partial charge in [0.25, 0.3) is 0 Å². The zero-order chi connectivity index (χ0) is 10.4. The molecule has 14 heavy (non-hydrogen) atoms. The van der Waals surface area contributed by atoms with Crippen LogP contribution in [0.15, 0.2) is 17.0 Å². The molecule has 0 aliphatic rings. The van der Waals surface area contributed by atoms with Crippen LogP contribution in [0.4, 0.5) is 5.82 Å². The average molecular weight is 260 g/mol. The minimum absolute atomic E-state index is 0.460. The van der Waals surface area contributed by atoms with Crippen LogP contribution < -0.4 is 5.32 Å². The highest BCUT2D eigenvalue weighted by Gasteiger charge is 2.03. The number of hydrogen-bond acceptors (Lipinski definition) is 4. The fraction of sp³-hybridized carbons (Fsp3) is 0.556. The monoisotopic (exact) mass is 259 g/mol. The second-order valence-electron chi connectivity index (χ2n) is 3.16. The van der Waals surface area contributed by atoms with Gasteiger partial charge < -0.3 is 10.1 Å². The molecule has 1 atom stereocenters.